The van der Waals surface area contributed by atoms with Crippen molar-refractivity contribution < 1.29 is 14.3 Å². The molecule has 1 fully saturated rings. The molecular weight excluding hydrogens is 400 g/mol. The van der Waals surface area contributed by atoms with Gasteiger partial charge in [0.1, 0.15) is 17.0 Å². The number of nitrogens with one attached hydrogen (secondary N) is 1. The molecule has 2 aliphatic rings. The largest absolute Gasteiger partial charge is 0.481 e. The summed E-state index contributed by atoms with van der Waals surface area (Å²) in [7, 11) is 0. The van der Waals surface area contributed by atoms with Crippen molar-refractivity contribution in [2.24, 2.45) is 0 Å². The fourth-order valence-corrected chi connectivity index (χ4v) is 4.13. The minimum atomic E-state index is -0.563. The summed E-state index contributed by atoms with van der Waals surface area (Å²) in [6.45, 7) is 7.31. The summed E-state index contributed by atoms with van der Waals surface area (Å²) < 4.78 is 11.7. The monoisotopic (exact) mass is 426 g/mol. The number of hydrogen-bond acceptors (Lipinski definition) is 4. The molecule has 0 aliphatic carbocycles. The number of para-hydroxylation sites is 1. The third-order valence-electron chi connectivity index (χ3n) is 5.32. The topological polar surface area (TPSA) is 50.8 Å². The molecule has 6 heteroatoms. The predicted molar refractivity (Wildman–Crippen MR) is 122 cm³/mol. The van der Waals surface area contributed by atoms with Gasteiger partial charge in [-0.25, -0.2) is 4.79 Å². The maximum absolute atomic E-state index is 12.1. The summed E-state index contributed by atoms with van der Waals surface area (Å²) in [5.74, 6) is 0.669. The maximum atomic E-state index is 12.1. The molecule has 4 rings (SSSR count). The molecule has 30 heavy (non-hydrogen) atoms. The van der Waals surface area contributed by atoms with Crippen LogP contribution in [0, 0.1) is 0 Å². The Kier molecular flexibility index (Phi) is 5.41. The van der Waals surface area contributed by atoms with E-state index in [1.807, 2.05) is 39.0 Å². The number of anilines is 2. The van der Waals surface area contributed by atoms with Crippen molar-refractivity contribution in [3.05, 3.63) is 59.1 Å². The first-order valence-corrected chi connectivity index (χ1v) is 10.6. The lowest BCUT2D eigenvalue weighted by molar-refractivity contribution is 0.0635. The quantitative estimate of drug-likeness (QED) is 0.627. The average Bonchev–Trinajstić information content (AvgIpc) is 2.69. The van der Waals surface area contributed by atoms with Crippen molar-refractivity contribution in [2.75, 3.05) is 23.3 Å². The molecular formula is C24H27ClN2O3. The number of fused-ring (bicyclic) bond motifs is 1. The number of piperidine rings is 1. The van der Waals surface area contributed by atoms with E-state index in [9.17, 15) is 4.79 Å². The Labute approximate surface area is 182 Å². The standard InChI is InChI=1S/C24H27ClN2O3/c1-23(2,3)30-22(28)26-18-15-17-9-10-24(29-21(17)20(25)16-18)11-13-27(14-12-24)19-7-5-4-6-8-19/h4-10,15-16H,11-14H2,1-3H3,(H,26,28). The highest BCUT2D eigenvalue weighted by molar-refractivity contribution is 6.32. The number of halogens is 1. The van der Waals surface area contributed by atoms with Crippen molar-refractivity contribution in [1.29, 1.82) is 0 Å². The minimum absolute atomic E-state index is 0.345. The maximum Gasteiger partial charge on any atom is 0.412 e. The molecule has 0 aromatic heterocycles. The number of amides is 1. The van der Waals surface area contributed by atoms with Crippen LogP contribution in [0.2, 0.25) is 5.02 Å². The minimum Gasteiger partial charge on any atom is -0.481 e. The van der Waals surface area contributed by atoms with Gasteiger partial charge >= 0.3 is 6.09 Å². The van der Waals surface area contributed by atoms with Crippen molar-refractivity contribution in [3.63, 3.8) is 0 Å². The number of carbonyl (C=O) groups excluding carboxylic acids is 1. The van der Waals surface area contributed by atoms with E-state index in [1.165, 1.54) is 5.69 Å². The SMILES string of the molecule is CC(C)(C)OC(=O)Nc1cc(Cl)c2c(c1)C=CC1(CCN(c3ccccc3)CC1)O2. The van der Waals surface area contributed by atoms with E-state index in [1.54, 1.807) is 6.07 Å². The summed E-state index contributed by atoms with van der Waals surface area (Å²) in [4.78, 5) is 14.4. The Morgan fingerprint density at radius 3 is 2.53 bits per heavy atom. The summed E-state index contributed by atoms with van der Waals surface area (Å²) in [6, 6.07) is 14.0. The van der Waals surface area contributed by atoms with Crippen LogP contribution in [0.3, 0.4) is 0 Å². The zero-order chi connectivity index (χ0) is 21.4. The smallest absolute Gasteiger partial charge is 0.412 e. The Bertz CT molecular complexity index is 958. The lowest BCUT2D eigenvalue weighted by atomic mass is 9.88. The predicted octanol–water partition coefficient (Wildman–Crippen LogP) is 6.13. The lowest BCUT2D eigenvalue weighted by Gasteiger charge is -2.43. The Morgan fingerprint density at radius 1 is 1.17 bits per heavy atom. The molecule has 1 amide bonds. The fraction of sp³-hybridized carbons (Fsp3) is 0.375. The van der Waals surface area contributed by atoms with Gasteiger partial charge in [0.2, 0.25) is 0 Å². The third-order valence-corrected chi connectivity index (χ3v) is 5.60. The van der Waals surface area contributed by atoms with Gasteiger partial charge in [-0.1, -0.05) is 35.9 Å². The molecule has 1 spiro atoms. The molecule has 2 aromatic carbocycles. The molecule has 5 nitrogen and oxygen atoms in total. The van der Waals surface area contributed by atoms with Crippen LogP contribution >= 0.6 is 11.6 Å². The normalized spacial score (nSPS) is 17.3. The van der Waals surface area contributed by atoms with Crippen LogP contribution < -0.4 is 15.0 Å². The van der Waals surface area contributed by atoms with E-state index in [2.05, 4.69) is 40.6 Å². The van der Waals surface area contributed by atoms with Crippen molar-refractivity contribution in [2.45, 2.75) is 44.8 Å². The second-order valence-corrected chi connectivity index (χ2v) is 9.23. The van der Waals surface area contributed by atoms with Crippen molar-refractivity contribution in [3.8, 4) is 5.75 Å². The highest BCUT2D eigenvalue weighted by Crippen LogP contribution is 2.43. The van der Waals surface area contributed by atoms with Gasteiger partial charge in [0.15, 0.2) is 0 Å². The zero-order valence-corrected chi connectivity index (χ0v) is 18.3. The Morgan fingerprint density at radius 2 is 1.87 bits per heavy atom. The molecule has 0 unspecified atom stereocenters. The number of carbonyl (C=O) groups is 1. The molecule has 0 bridgehead atoms. The van der Waals surface area contributed by atoms with Crippen molar-refractivity contribution >= 4 is 35.1 Å². The summed E-state index contributed by atoms with van der Waals surface area (Å²) >= 11 is 6.53. The molecule has 2 aliphatic heterocycles. The van der Waals surface area contributed by atoms with Gasteiger partial charge in [0, 0.05) is 42.9 Å². The Hall–Kier alpha value is -2.66. The molecule has 2 aromatic rings. The van der Waals surface area contributed by atoms with Gasteiger partial charge in [0.25, 0.3) is 0 Å². The van der Waals surface area contributed by atoms with Crippen LogP contribution in [0.5, 0.6) is 5.75 Å². The summed E-state index contributed by atoms with van der Waals surface area (Å²) in [6.07, 6.45) is 5.43. The Balaban J connectivity index is 1.46. The van der Waals surface area contributed by atoms with Crippen LogP contribution in [0.15, 0.2) is 48.5 Å². The number of nitrogens with zero attached hydrogens (tertiary/aromatic N) is 1. The first-order valence-electron chi connectivity index (χ1n) is 10.2. The third kappa shape index (κ3) is 4.57. The van der Waals surface area contributed by atoms with Crippen LogP contribution in [-0.4, -0.2) is 30.4 Å². The van der Waals surface area contributed by atoms with Crippen LogP contribution in [0.1, 0.15) is 39.2 Å². The number of hydrogen-bond donors (Lipinski definition) is 1. The lowest BCUT2D eigenvalue weighted by Crippen LogP contribution is -2.47. The average molecular weight is 427 g/mol. The van der Waals surface area contributed by atoms with Gasteiger partial charge in [-0.15, -0.1) is 0 Å². The van der Waals surface area contributed by atoms with Crippen molar-refractivity contribution in [1.82, 2.24) is 0 Å². The van der Waals surface area contributed by atoms with E-state index in [-0.39, 0.29) is 5.60 Å². The van der Waals surface area contributed by atoms with Crippen LogP contribution in [0.25, 0.3) is 6.08 Å². The molecule has 1 saturated heterocycles. The van der Waals surface area contributed by atoms with Gasteiger partial charge in [-0.3, -0.25) is 5.32 Å². The first-order chi connectivity index (χ1) is 14.2. The van der Waals surface area contributed by atoms with Crippen LogP contribution in [-0.2, 0) is 4.74 Å². The zero-order valence-electron chi connectivity index (χ0n) is 17.6. The molecule has 0 radical (unpaired) electrons. The van der Waals surface area contributed by atoms with Crippen LogP contribution in [0.4, 0.5) is 16.2 Å². The van der Waals surface area contributed by atoms with E-state index >= 15 is 0 Å². The second-order valence-electron chi connectivity index (χ2n) is 8.83. The molecule has 158 valence electrons. The number of benzene rings is 2. The van der Waals surface area contributed by atoms with E-state index < -0.39 is 11.7 Å². The number of rotatable bonds is 2. The van der Waals surface area contributed by atoms with Gasteiger partial charge in [-0.2, -0.15) is 0 Å². The summed E-state index contributed by atoms with van der Waals surface area (Å²) in [5, 5.41) is 3.22. The van der Waals surface area contributed by atoms with Gasteiger partial charge in [-0.05, 0) is 51.1 Å². The molecule has 1 N–H and O–H groups in total. The second kappa shape index (κ2) is 7.88. The highest BCUT2D eigenvalue weighted by atomic mass is 35.5. The first kappa shape index (κ1) is 20.6. The highest BCUT2D eigenvalue weighted by Gasteiger charge is 2.37. The number of ether oxygens (including phenoxy) is 2. The summed E-state index contributed by atoms with van der Waals surface area (Å²) in [5.41, 5.74) is 1.76. The van der Waals surface area contributed by atoms with E-state index in [0.29, 0.717) is 16.5 Å². The van der Waals surface area contributed by atoms with Gasteiger partial charge < -0.3 is 14.4 Å². The molecule has 0 atom stereocenters. The van der Waals surface area contributed by atoms with E-state index in [0.717, 1.165) is 31.5 Å². The van der Waals surface area contributed by atoms with E-state index in [4.69, 9.17) is 21.1 Å². The van der Waals surface area contributed by atoms with Gasteiger partial charge in [0.05, 0.1) is 5.02 Å². The molecule has 0 saturated carbocycles. The fourth-order valence-electron chi connectivity index (χ4n) is 3.87. The molecule has 2 heterocycles.